The van der Waals surface area contributed by atoms with Crippen LogP contribution < -0.4 is 16.0 Å². The van der Waals surface area contributed by atoms with E-state index in [1.165, 1.54) is 0 Å². The van der Waals surface area contributed by atoms with E-state index < -0.39 is 6.04 Å². The third-order valence-corrected chi connectivity index (χ3v) is 3.71. The summed E-state index contributed by atoms with van der Waals surface area (Å²) in [5.74, 6) is -0.488. The van der Waals surface area contributed by atoms with Gasteiger partial charge in [-0.25, -0.2) is 0 Å². The molecule has 0 radical (unpaired) electrons. The maximum Gasteiger partial charge on any atom is 0.249 e. The molecule has 0 spiro atoms. The molecule has 2 amide bonds. The average molecular weight is 312 g/mol. The molecular formula is C15H22ClN3O2. The van der Waals surface area contributed by atoms with Crippen LogP contribution in [0.5, 0.6) is 0 Å². The zero-order chi connectivity index (χ0) is 14.7. The molecule has 1 heterocycles. The van der Waals surface area contributed by atoms with Gasteiger partial charge in [0.2, 0.25) is 11.8 Å². The van der Waals surface area contributed by atoms with E-state index in [-0.39, 0.29) is 42.7 Å². The molecule has 0 bridgehead atoms. The Morgan fingerprint density at radius 2 is 2.05 bits per heavy atom. The van der Waals surface area contributed by atoms with E-state index in [1.807, 2.05) is 37.3 Å². The number of rotatable bonds is 4. The molecule has 3 N–H and O–H groups in total. The zero-order valence-corrected chi connectivity index (χ0v) is 13.1. The van der Waals surface area contributed by atoms with Crippen LogP contribution in [0.3, 0.4) is 0 Å². The van der Waals surface area contributed by atoms with Gasteiger partial charge >= 0.3 is 0 Å². The number of hydrogen-bond donors (Lipinski definition) is 2. The smallest absolute Gasteiger partial charge is 0.249 e. The molecule has 3 atom stereocenters. The fourth-order valence-electron chi connectivity index (χ4n) is 2.44. The fraction of sp³-hybridized carbons (Fsp3) is 0.467. The molecule has 5 nitrogen and oxygen atoms in total. The lowest BCUT2D eigenvalue weighted by molar-refractivity contribution is -0.128. The van der Waals surface area contributed by atoms with Crippen molar-refractivity contribution in [2.24, 2.45) is 11.7 Å². The second-order valence-corrected chi connectivity index (χ2v) is 5.33. The third-order valence-electron chi connectivity index (χ3n) is 3.71. The predicted octanol–water partition coefficient (Wildman–Crippen LogP) is 1.31. The second kappa shape index (κ2) is 7.43. The molecule has 6 heteroatoms. The number of nitrogens with two attached hydrogens (primary N) is 1. The van der Waals surface area contributed by atoms with Gasteiger partial charge in [0.25, 0.3) is 0 Å². The number of amides is 2. The highest BCUT2D eigenvalue weighted by molar-refractivity contribution is 6.02. The topological polar surface area (TPSA) is 75.4 Å². The molecule has 0 saturated carbocycles. The van der Waals surface area contributed by atoms with Gasteiger partial charge in [-0.2, -0.15) is 0 Å². The Morgan fingerprint density at radius 3 is 2.62 bits per heavy atom. The van der Waals surface area contributed by atoms with Crippen molar-refractivity contribution in [1.82, 2.24) is 5.32 Å². The van der Waals surface area contributed by atoms with E-state index >= 15 is 0 Å². The quantitative estimate of drug-likeness (QED) is 0.880. The van der Waals surface area contributed by atoms with Crippen molar-refractivity contribution in [3.63, 3.8) is 0 Å². The minimum Gasteiger partial charge on any atom is -0.344 e. The predicted molar refractivity (Wildman–Crippen MR) is 85.4 cm³/mol. The maximum atomic E-state index is 12.4. The number of hydrogen-bond acceptors (Lipinski definition) is 3. The molecule has 1 aromatic carbocycles. The van der Waals surface area contributed by atoms with E-state index in [0.717, 1.165) is 5.69 Å². The Labute approximate surface area is 131 Å². The van der Waals surface area contributed by atoms with Crippen LogP contribution in [0, 0.1) is 5.92 Å². The van der Waals surface area contributed by atoms with Crippen molar-refractivity contribution < 1.29 is 9.59 Å². The molecule has 0 aliphatic carbocycles. The summed E-state index contributed by atoms with van der Waals surface area (Å²) in [6.45, 7) is 4.03. The minimum atomic E-state index is -0.452. The first kappa shape index (κ1) is 17.5. The Bertz CT molecular complexity index is 495. The molecule has 1 saturated heterocycles. The number of nitrogens with zero attached hydrogens (tertiary/aromatic N) is 1. The summed E-state index contributed by atoms with van der Waals surface area (Å²) in [6, 6.07) is 9.14. The lowest BCUT2D eigenvalue weighted by Crippen LogP contribution is -2.44. The number of carbonyl (C=O) groups excluding carboxylic acids is 2. The number of para-hydroxylation sites is 1. The summed E-state index contributed by atoms with van der Waals surface area (Å²) in [5, 5.41) is 2.80. The number of benzene rings is 1. The van der Waals surface area contributed by atoms with E-state index in [1.54, 1.807) is 11.8 Å². The molecule has 1 fully saturated rings. The Balaban J connectivity index is 0.00000220. The van der Waals surface area contributed by atoms with Gasteiger partial charge in [0, 0.05) is 24.2 Å². The summed E-state index contributed by atoms with van der Waals surface area (Å²) in [7, 11) is 0. The third kappa shape index (κ3) is 3.74. The molecule has 3 unspecified atom stereocenters. The van der Waals surface area contributed by atoms with Gasteiger partial charge in [0.1, 0.15) is 6.04 Å². The van der Waals surface area contributed by atoms with E-state index in [0.29, 0.717) is 6.42 Å². The van der Waals surface area contributed by atoms with Crippen LogP contribution in [0.25, 0.3) is 0 Å². The highest BCUT2D eigenvalue weighted by atomic mass is 35.5. The van der Waals surface area contributed by atoms with Crippen molar-refractivity contribution in [1.29, 1.82) is 0 Å². The summed E-state index contributed by atoms with van der Waals surface area (Å²) in [4.78, 5) is 26.1. The average Bonchev–Trinajstić information content (AvgIpc) is 2.73. The summed E-state index contributed by atoms with van der Waals surface area (Å²) < 4.78 is 0. The maximum absolute atomic E-state index is 12.4. The van der Waals surface area contributed by atoms with Crippen molar-refractivity contribution in [2.45, 2.75) is 32.4 Å². The number of carbonyl (C=O) groups is 2. The van der Waals surface area contributed by atoms with Crippen molar-refractivity contribution in [2.75, 3.05) is 11.4 Å². The standard InChI is InChI=1S/C15H21N3O2.ClH/c1-10(9-16)14(19)17-13-8-11(2)18(15(13)20)12-6-4-3-5-7-12;/h3-7,10-11,13H,8-9,16H2,1-2H3,(H,17,19);1H. The SMILES string of the molecule is CC(CN)C(=O)NC1CC(C)N(c2ccccc2)C1=O.Cl. The van der Waals surface area contributed by atoms with Crippen LogP contribution in [0.2, 0.25) is 0 Å². The normalized spacial score (nSPS) is 22.6. The molecule has 21 heavy (non-hydrogen) atoms. The van der Waals surface area contributed by atoms with Crippen LogP contribution in [-0.2, 0) is 9.59 Å². The molecular weight excluding hydrogens is 290 g/mol. The second-order valence-electron chi connectivity index (χ2n) is 5.33. The summed E-state index contributed by atoms with van der Waals surface area (Å²) >= 11 is 0. The fourth-order valence-corrected chi connectivity index (χ4v) is 2.44. The van der Waals surface area contributed by atoms with Gasteiger partial charge in [-0.1, -0.05) is 25.1 Å². The van der Waals surface area contributed by atoms with E-state index in [9.17, 15) is 9.59 Å². The first-order valence-electron chi connectivity index (χ1n) is 6.93. The minimum absolute atomic E-state index is 0. The Morgan fingerprint density at radius 1 is 1.43 bits per heavy atom. The van der Waals surface area contributed by atoms with E-state index in [2.05, 4.69) is 5.32 Å². The van der Waals surface area contributed by atoms with Gasteiger partial charge in [0.05, 0.1) is 0 Å². The molecule has 1 aliphatic rings. The van der Waals surface area contributed by atoms with E-state index in [4.69, 9.17) is 5.73 Å². The van der Waals surface area contributed by atoms with Crippen molar-refractivity contribution in [3.05, 3.63) is 30.3 Å². The number of anilines is 1. The van der Waals surface area contributed by atoms with Gasteiger partial charge in [-0.15, -0.1) is 12.4 Å². The van der Waals surface area contributed by atoms with Gasteiger partial charge in [-0.3, -0.25) is 9.59 Å². The van der Waals surface area contributed by atoms with Crippen LogP contribution >= 0.6 is 12.4 Å². The largest absolute Gasteiger partial charge is 0.344 e. The zero-order valence-electron chi connectivity index (χ0n) is 12.3. The van der Waals surface area contributed by atoms with Crippen molar-refractivity contribution in [3.8, 4) is 0 Å². The number of halogens is 1. The summed E-state index contributed by atoms with van der Waals surface area (Å²) in [5.41, 5.74) is 6.34. The van der Waals surface area contributed by atoms with Crippen LogP contribution in [-0.4, -0.2) is 30.4 Å². The van der Waals surface area contributed by atoms with Crippen molar-refractivity contribution >= 4 is 29.9 Å². The molecule has 1 aliphatic heterocycles. The molecule has 0 aromatic heterocycles. The highest BCUT2D eigenvalue weighted by Gasteiger charge is 2.39. The highest BCUT2D eigenvalue weighted by Crippen LogP contribution is 2.26. The summed E-state index contributed by atoms with van der Waals surface area (Å²) in [6.07, 6.45) is 0.622. The van der Waals surface area contributed by atoms with Gasteiger partial charge in [-0.05, 0) is 25.5 Å². The first-order chi connectivity index (χ1) is 9.54. The molecule has 2 rings (SSSR count). The lowest BCUT2D eigenvalue weighted by Gasteiger charge is -2.21. The van der Waals surface area contributed by atoms with Gasteiger partial charge in [0.15, 0.2) is 0 Å². The monoisotopic (exact) mass is 311 g/mol. The first-order valence-corrected chi connectivity index (χ1v) is 6.93. The molecule has 116 valence electrons. The van der Waals surface area contributed by atoms with Crippen LogP contribution in [0.1, 0.15) is 20.3 Å². The Hall–Kier alpha value is -1.59. The van der Waals surface area contributed by atoms with Crippen LogP contribution in [0.15, 0.2) is 30.3 Å². The number of nitrogens with one attached hydrogen (secondary N) is 1. The lowest BCUT2D eigenvalue weighted by atomic mass is 10.1. The van der Waals surface area contributed by atoms with Crippen LogP contribution in [0.4, 0.5) is 5.69 Å². The Kier molecular flexibility index (Phi) is 6.18. The molecule has 1 aromatic rings. The van der Waals surface area contributed by atoms with Gasteiger partial charge < -0.3 is 16.0 Å².